The van der Waals surface area contributed by atoms with Gasteiger partial charge in [0.1, 0.15) is 16.7 Å². The summed E-state index contributed by atoms with van der Waals surface area (Å²) >= 11 is 0. The van der Waals surface area contributed by atoms with Crippen molar-refractivity contribution < 1.29 is 9.00 Å². The van der Waals surface area contributed by atoms with E-state index in [1.807, 2.05) is 4.31 Å². The van der Waals surface area contributed by atoms with E-state index < -0.39 is 16.9 Å². The summed E-state index contributed by atoms with van der Waals surface area (Å²) in [6.45, 7) is 1.71. The van der Waals surface area contributed by atoms with E-state index in [2.05, 4.69) is 0 Å². The van der Waals surface area contributed by atoms with Crippen molar-refractivity contribution in [3.8, 4) is 0 Å². The second kappa shape index (κ2) is 4.39. The predicted octanol–water partition coefficient (Wildman–Crippen LogP) is 0.242. The molecule has 1 aliphatic heterocycles. The first kappa shape index (κ1) is 11.3. The number of hydrogen-bond donors (Lipinski definition) is 1. The number of carbonyl (C=O) groups excluding carboxylic acids is 1. The summed E-state index contributed by atoms with van der Waals surface area (Å²) in [5.41, 5.74) is 5.60. The van der Waals surface area contributed by atoms with Gasteiger partial charge in [0, 0.05) is 26.3 Å². The minimum atomic E-state index is -1.16. The molecule has 0 spiro atoms. The molecule has 1 fully saturated rings. The summed E-state index contributed by atoms with van der Waals surface area (Å²) in [6.07, 6.45) is 3.87. The maximum absolute atomic E-state index is 12.1. The fourth-order valence-corrected chi connectivity index (χ4v) is 3.23. The van der Waals surface area contributed by atoms with Crippen molar-refractivity contribution in [2.75, 3.05) is 13.1 Å². The van der Waals surface area contributed by atoms with Gasteiger partial charge in [-0.3, -0.25) is 4.79 Å². The lowest BCUT2D eigenvalue weighted by Gasteiger charge is -2.11. The van der Waals surface area contributed by atoms with Crippen molar-refractivity contribution in [2.45, 2.75) is 17.7 Å². The van der Waals surface area contributed by atoms with Crippen LogP contribution in [0.15, 0.2) is 17.2 Å². The first-order valence-electron chi connectivity index (χ1n) is 5.22. The molecule has 2 rings (SSSR count). The molecule has 2 N–H and O–H groups in total. The van der Waals surface area contributed by atoms with Crippen molar-refractivity contribution in [3.05, 3.63) is 18.0 Å². The number of aromatic nitrogens is 1. The zero-order valence-electron chi connectivity index (χ0n) is 9.18. The summed E-state index contributed by atoms with van der Waals surface area (Å²) in [5, 5.41) is 0. The number of carbonyl (C=O) groups is 1. The number of nitrogens with zero attached hydrogens (tertiary/aromatic N) is 2. The highest BCUT2D eigenvalue weighted by Crippen LogP contribution is 2.18. The third-order valence-electron chi connectivity index (χ3n) is 2.73. The quantitative estimate of drug-likeness (QED) is 0.823. The lowest BCUT2D eigenvalue weighted by atomic mass is 10.4. The summed E-state index contributed by atoms with van der Waals surface area (Å²) in [4.78, 5) is 11.7. The van der Waals surface area contributed by atoms with Gasteiger partial charge in [0.2, 0.25) is 0 Å². The molecule has 2 heterocycles. The SMILES string of the molecule is Cn1cc(S(=O)N2CCCC2)cc1C(N)=O. The smallest absolute Gasteiger partial charge is 0.265 e. The third kappa shape index (κ3) is 2.03. The van der Waals surface area contributed by atoms with E-state index in [1.54, 1.807) is 23.9 Å². The van der Waals surface area contributed by atoms with Gasteiger partial charge in [-0.2, -0.15) is 0 Å². The van der Waals surface area contributed by atoms with Crippen LogP contribution >= 0.6 is 0 Å². The van der Waals surface area contributed by atoms with Crippen LogP contribution in [0, 0.1) is 0 Å². The van der Waals surface area contributed by atoms with E-state index in [9.17, 15) is 9.00 Å². The number of nitrogens with two attached hydrogens (primary N) is 1. The van der Waals surface area contributed by atoms with E-state index in [1.165, 1.54) is 0 Å². The second-order valence-corrected chi connectivity index (χ2v) is 5.41. The van der Waals surface area contributed by atoms with Crippen molar-refractivity contribution in [1.29, 1.82) is 0 Å². The molecule has 88 valence electrons. The molecule has 1 aromatic heterocycles. The van der Waals surface area contributed by atoms with Crippen LogP contribution in [0.5, 0.6) is 0 Å². The zero-order chi connectivity index (χ0) is 11.7. The topological polar surface area (TPSA) is 68.3 Å². The number of hydrogen-bond acceptors (Lipinski definition) is 2. The fraction of sp³-hybridized carbons (Fsp3) is 0.500. The Labute approximate surface area is 96.8 Å². The number of primary amides is 1. The molecule has 1 saturated heterocycles. The van der Waals surface area contributed by atoms with Gasteiger partial charge in [0.15, 0.2) is 0 Å². The third-order valence-corrected chi connectivity index (χ3v) is 4.19. The molecule has 16 heavy (non-hydrogen) atoms. The Morgan fingerprint density at radius 3 is 2.56 bits per heavy atom. The van der Waals surface area contributed by atoms with Gasteiger partial charge >= 0.3 is 0 Å². The molecule has 0 bridgehead atoms. The molecule has 1 atom stereocenters. The predicted molar refractivity (Wildman–Crippen MR) is 61.1 cm³/mol. The minimum absolute atomic E-state index is 0.391. The molecular formula is C10H15N3O2S. The van der Waals surface area contributed by atoms with Crippen LogP contribution in [-0.2, 0) is 18.0 Å². The van der Waals surface area contributed by atoms with Gasteiger partial charge in [0.25, 0.3) is 5.91 Å². The standard InChI is InChI=1S/C10H15N3O2S/c1-12-7-8(6-9(12)10(11)14)16(15)13-4-2-3-5-13/h6-7H,2-5H2,1H3,(H2,11,14). The first-order chi connectivity index (χ1) is 7.59. The van der Waals surface area contributed by atoms with Crippen molar-refractivity contribution in [3.63, 3.8) is 0 Å². The average Bonchev–Trinajstić information content (AvgIpc) is 2.84. The Hall–Kier alpha value is -1.14. The Balaban J connectivity index is 2.23. The van der Waals surface area contributed by atoms with Crippen LogP contribution in [-0.4, -0.2) is 32.1 Å². The minimum Gasteiger partial charge on any atom is -0.364 e. The van der Waals surface area contributed by atoms with E-state index in [0.29, 0.717) is 10.6 Å². The fourth-order valence-electron chi connectivity index (χ4n) is 1.88. The van der Waals surface area contributed by atoms with Crippen LogP contribution in [0.1, 0.15) is 23.3 Å². The molecule has 6 heteroatoms. The van der Waals surface area contributed by atoms with Gasteiger partial charge in [0.05, 0.1) is 4.90 Å². The maximum atomic E-state index is 12.1. The van der Waals surface area contributed by atoms with E-state index in [-0.39, 0.29) is 0 Å². The van der Waals surface area contributed by atoms with Crippen LogP contribution in [0.25, 0.3) is 0 Å². The van der Waals surface area contributed by atoms with Gasteiger partial charge < -0.3 is 10.3 Å². The number of amides is 1. The zero-order valence-corrected chi connectivity index (χ0v) is 10.00. The van der Waals surface area contributed by atoms with Gasteiger partial charge in [-0.25, -0.2) is 8.51 Å². The van der Waals surface area contributed by atoms with Crippen LogP contribution in [0.4, 0.5) is 0 Å². The molecule has 1 amide bonds. The highest BCUT2D eigenvalue weighted by Gasteiger charge is 2.21. The number of aryl methyl sites for hydroxylation is 1. The summed E-state index contributed by atoms with van der Waals surface area (Å²) in [5.74, 6) is -0.493. The maximum Gasteiger partial charge on any atom is 0.265 e. The molecule has 0 aliphatic carbocycles. The van der Waals surface area contributed by atoms with Crippen LogP contribution in [0.2, 0.25) is 0 Å². The largest absolute Gasteiger partial charge is 0.364 e. The Morgan fingerprint density at radius 1 is 1.44 bits per heavy atom. The van der Waals surface area contributed by atoms with Crippen molar-refractivity contribution >= 4 is 16.9 Å². The Bertz CT molecular complexity index is 435. The normalized spacial score (nSPS) is 18.8. The highest BCUT2D eigenvalue weighted by atomic mass is 32.2. The van der Waals surface area contributed by atoms with Gasteiger partial charge in [-0.05, 0) is 18.9 Å². The van der Waals surface area contributed by atoms with Gasteiger partial charge in [-0.1, -0.05) is 0 Å². The molecule has 1 aliphatic rings. The lowest BCUT2D eigenvalue weighted by molar-refractivity contribution is 0.0992. The molecule has 0 radical (unpaired) electrons. The van der Waals surface area contributed by atoms with Crippen LogP contribution < -0.4 is 5.73 Å². The summed E-state index contributed by atoms with van der Waals surface area (Å²) in [6, 6.07) is 1.61. The van der Waals surface area contributed by atoms with Crippen molar-refractivity contribution in [2.24, 2.45) is 12.8 Å². The molecule has 1 unspecified atom stereocenters. The summed E-state index contributed by atoms with van der Waals surface area (Å²) < 4.78 is 15.6. The number of rotatable bonds is 3. The molecule has 0 aromatic carbocycles. The van der Waals surface area contributed by atoms with E-state index >= 15 is 0 Å². The average molecular weight is 241 g/mol. The summed E-state index contributed by atoms with van der Waals surface area (Å²) in [7, 11) is 0.567. The molecule has 0 saturated carbocycles. The first-order valence-corrected chi connectivity index (χ1v) is 6.33. The van der Waals surface area contributed by atoms with E-state index in [4.69, 9.17) is 5.73 Å². The van der Waals surface area contributed by atoms with Gasteiger partial charge in [-0.15, -0.1) is 0 Å². The Kier molecular flexibility index (Phi) is 3.11. The monoisotopic (exact) mass is 241 g/mol. The molecule has 1 aromatic rings. The Morgan fingerprint density at radius 2 is 2.06 bits per heavy atom. The van der Waals surface area contributed by atoms with Crippen molar-refractivity contribution in [1.82, 2.24) is 8.87 Å². The lowest BCUT2D eigenvalue weighted by Crippen LogP contribution is -2.21. The van der Waals surface area contributed by atoms with Crippen LogP contribution in [0.3, 0.4) is 0 Å². The highest BCUT2D eigenvalue weighted by molar-refractivity contribution is 7.82. The van der Waals surface area contributed by atoms with E-state index in [0.717, 1.165) is 25.9 Å². The molecule has 5 nitrogen and oxygen atoms in total. The molecular weight excluding hydrogens is 226 g/mol. The second-order valence-electron chi connectivity index (χ2n) is 3.92.